The highest BCUT2D eigenvalue weighted by atomic mass is 16.2. The molecule has 5 heteroatoms. The lowest BCUT2D eigenvalue weighted by Gasteiger charge is -2.35. The van der Waals surface area contributed by atoms with Crippen LogP contribution in [0.3, 0.4) is 0 Å². The van der Waals surface area contributed by atoms with E-state index < -0.39 is 0 Å². The molecule has 0 unspecified atom stereocenters. The van der Waals surface area contributed by atoms with Gasteiger partial charge in [-0.2, -0.15) is 5.10 Å². The molecule has 1 aliphatic carbocycles. The number of carbonyl (C=O) groups excluding carboxylic acids is 1. The van der Waals surface area contributed by atoms with Gasteiger partial charge in [0.15, 0.2) is 0 Å². The van der Waals surface area contributed by atoms with Crippen LogP contribution >= 0.6 is 0 Å². The normalized spacial score (nSPS) is 16.6. The summed E-state index contributed by atoms with van der Waals surface area (Å²) in [6.07, 6.45) is 8.63. The van der Waals surface area contributed by atoms with Gasteiger partial charge in [0.25, 0.3) is 0 Å². The van der Waals surface area contributed by atoms with Crippen molar-refractivity contribution in [2.24, 2.45) is 5.92 Å². The molecule has 1 aliphatic heterocycles. The minimum Gasteiger partial charge on any atom is -0.320 e. The molecule has 1 fully saturated rings. The first-order valence-electron chi connectivity index (χ1n) is 10.5. The van der Waals surface area contributed by atoms with Gasteiger partial charge in [0, 0.05) is 36.2 Å². The highest BCUT2D eigenvalue weighted by Crippen LogP contribution is 2.34. The van der Waals surface area contributed by atoms with Gasteiger partial charge < -0.3 is 10.2 Å². The molecule has 0 spiro atoms. The van der Waals surface area contributed by atoms with E-state index in [4.69, 9.17) is 0 Å². The van der Waals surface area contributed by atoms with Crippen molar-refractivity contribution in [3.05, 3.63) is 41.1 Å². The van der Waals surface area contributed by atoms with Crippen LogP contribution in [0.4, 0.5) is 10.5 Å². The molecule has 2 heterocycles. The smallest absolute Gasteiger partial charge is 0.320 e. The van der Waals surface area contributed by atoms with Crippen molar-refractivity contribution >= 4 is 28.2 Å². The van der Waals surface area contributed by atoms with Gasteiger partial charge in [0.2, 0.25) is 0 Å². The zero-order valence-electron chi connectivity index (χ0n) is 17.4. The Labute approximate surface area is 172 Å². The van der Waals surface area contributed by atoms with Crippen molar-refractivity contribution in [2.45, 2.75) is 53.0 Å². The van der Waals surface area contributed by atoms with Crippen molar-refractivity contribution in [3.63, 3.8) is 0 Å². The van der Waals surface area contributed by atoms with Gasteiger partial charge >= 0.3 is 6.03 Å². The second-order valence-electron chi connectivity index (χ2n) is 8.23. The van der Waals surface area contributed by atoms with Crippen molar-refractivity contribution in [1.82, 2.24) is 15.1 Å². The first-order chi connectivity index (χ1) is 14.0. The maximum Gasteiger partial charge on any atom is 0.322 e. The predicted octanol–water partition coefficient (Wildman–Crippen LogP) is 5.47. The second-order valence-corrected chi connectivity index (χ2v) is 8.23. The number of rotatable bonds is 4. The summed E-state index contributed by atoms with van der Waals surface area (Å²) in [6.45, 7) is 7.69. The fourth-order valence-corrected chi connectivity index (χ4v) is 3.90. The maximum absolute atomic E-state index is 12.5. The molecule has 2 amide bonds. The van der Waals surface area contributed by atoms with Crippen molar-refractivity contribution in [2.75, 3.05) is 11.9 Å². The number of fused-ring (bicyclic) bond motifs is 2. The molecular weight excluding hydrogens is 360 g/mol. The van der Waals surface area contributed by atoms with E-state index >= 15 is 0 Å². The number of aromatic nitrogens is 2. The monoisotopic (exact) mass is 388 g/mol. The van der Waals surface area contributed by atoms with Crippen molar-refractivity contribution in [3.8, 4) is 11.8 Å². The summed E-state index contributed by atoms with van der Waals surface area (Å²) in [4.78, 5) is 14.4. The molecule has 4 rings (SSSR count). The van der Waals surface area contributed by atoms with Gasteiger partial charge in [0.05, 0.1) is 5.52 Å². The topological polar surface area (TPSA) is 61.0 Å². The minimum atomic E-state index is 0.00320. The van der Waals surface area contributed by atoms with Crippen LogP contribution in [-0.4, -0.2) is 27.7 Å². The number of anilines is 1. The van der Waals surface area contributed by atoms with E-state index in [9.17, 15) is 4.79 Å². The molecule has 1 saturated carbocycles. The molecule has 1 aromatic carbocycles. The molecule has 150 valence electrons. The number of aromatic amines is 1. The van der Waals surface area contributed by atoms with Crippen LogP contribution in [0.1, 0.15) is 57.7 Å². The van der Waals surface area contributed by atoms with Crippen LogP contribution in [0.25, 0.3) is 16.5 Å². The van der Waals surface area contributed by atoms with E-state index in [2.05, 4.69) is 53.3 Å². The van der Waals surface area contributed by atoms with Gasteiger partial charge in [-0.15, -0.1) is 0 Å². The zero-order valence-corrected chi connectivity index (χ0v) is 17.4. The van der Waals surface area contributed by atoms with Crippen LogP contribution in [0.5, 0.6) is 0 Å². The molecule has 0 bridgehead atoms. The SMILES string of the molecule is CCC#C/C=C(\C=C(C)C)c1n[nH]c2cc3c(cc12)CN(CC1CCC1)C(=O)N3. The van der Waals surface area contributed by atoms with Gasteiger partial charge in [-0.25, -0.2) is 4.79 Å². The number of benzene rings is 1. The Morgan fingerprint density at radius 2 is 2.17 bits per heavy atom. The van der Waals surface area contributed by atoms with Crippen molar-refractivity contribution < 1.29 is 4.79 Å². The highest BCUT2D eigenvalue weighted by Gasteiger charge is 2.28. The summed E-state index contributed by atoms with van der Waals surface area (Å²) in [5.41, 5.74) is 6.03. The number of nitrogens with zero attached hydrogens (tertiary/aromatic N) is 2. The van der Waals surface area contributed by atoms with Gasteiger partial charge in [-0.1, -0.05) is 36.8 Å². The molecule has 0 saturated heterocycles. The summed E-state index contributed by atoms with van der Waals surface area (Å²) in [5, 5.41) is 11.8. The molecule has 0 atom stereocenters. The van der Waals surface area contributed by atoms with Crippen LogP contribution in [0, 0.1) is 17.8 Å². The third-order valence-corrected chi connectivity index (χ3v) is 5.60. The Morgan fingerprint density at radius 3 is 2.86 bits per heavy atom. The largest absolute Gasteiger partial charge is 0.322 e. The summed E-state index contributed by atoms with van der Waals surface area (Å²) in [5.74, 6) is 6.88. The number of allylic oxidation sites excluding steroid dienone is 4. The van der Waals surface area contributed by atoms with Crippen LogP contribution in [0.2, 0.25) is 0 Å². The first-order valence-corrected chi connectivity index (χ1v) is 10.5. The van der Waals surface area contributed by atoms with Crippen LogP contribution in [0.15, 0.2) is 29.9 Å². The second kappa shape index (κ2) is 8.16. The van der Waals surface area contributed by atoms with Gasteiger partial charge in [-0.05, 0) is 56.4 Å². The number of H-pyrrole nitrogens is 1. The van der Waals surface area contributed by atoms with E-state index in [1.807, 2.05) is 24.0 Å². The van der Waals surface area contributed by atoms with Gasteiger partial charge in [0.1, 0.15) is 5.69 Å². The summed E-state index contributed by atoms with van der Waals surface area (Å²) >= 11 is 0. The number of nitrogens with one attached hydrogen (secondary N) is 2. The molecule has 5 nitrogen and oxygen atoms in total. The summed E-state index contributed by atoms with van der Waals surface area (Å²) in [6, 6.07) is 4.16. The molecular formula is C24H28N4O. The Kier molecular flexibility index (Phi) is 5.44. The average molecular weight is 389 g/mol. The first kappa shape index (κ1) is 19.3. The van der Waals surface area contributed by atoms with E-state index in [1.165, 1.54) is 24.8 Å². The third kappa shape index (κ3) is 4.07. The lowest BCUT2D eigenvalue weighted by molar-refractivity contribution is 0.173. The third-order valence-electron chi connectivity index (χ3n) is 5.60. The molecule has 2 N–H and O–H groups in total. The fourth-order valence-electron chi connectivity index (χ4n) is 3.90. The molecule has 2 aliphatic rings. The predicted molar refractivity (Wildman–Crippen MR) is 118 cm³/mol. The Hall–Kier alpha value is -3.00. The molecule has 29 heavy (non-hydrogen) atoms. The zero-order chi connectivity index (χ0) is 20.4. The van der Waals surface area contributed by atoms with Crippen LogP contribution in [-0.2, 0) is 6.54 Å². The molecule has 1 aromatic heterocycles. The van der Waals surface area contributed by atoms with E-state index in [0.29, 0.717) is 12.5 Å². The Morgan fingerprint density at radius 1 is 1.34 bits per heavy atom. The maximum atomic E-state index is 12.5. The lowest BCUT2D eigenvalue weighted by Crippen LogP contribution is -2.42. The number of amides is 2. The minimum absolute atomic E-state index is 0.00320. The molecule has 2 aromatic rings. The quantitative estimate of drug-likeness (QED) is 0.539. The average Bonchev–Trinajstić information content (AvgIpc) is 3.04. The van der Waals surface area contributed by atoms with E-state index in [-0.39, 0.29) is 6.03 Å². The highest BCUT2D eigenvalue weighted by molar-refractivity contribution is 5.99. The fraction of sp³-hybridized carbons (Fsp3) is 0.417. The standard InChI is InChI=1S/C24H28N4O/c1-4-5-6-10-18(11-16(2)3)23-20-12-19-15-28(14-17-8-7-9-17)24(29)25-21(19)13-22(20)26-27-23/h10-13,17H,4,7-9,14-15H2,1-3H3,(H,25,29)(H,26,27)/b18-10+. The molecule has 0 radical (unpaired) electrons. The van der Waals surface area contributed by atoms with Crippen LogP contribution < -0.4 is 5.32 Å². The van der Waals surface area contributed by atoms with E-state index in [0.717, 1.165) is 46.4 Å². The number of hydrogen-bond acceptors (Lipinski definition) is 2. The van der Waals surface area contributed by atoms with E-state index in [1.54, 1.807) is 0 Å². The lowest BCUT2D eigenvalue weighted by atomic mass is 9.85. The summed E-state index contributed by atoms with van der Waals surface area (Å²) < 4.78 is 0. The van der Waals surface area contributed by atoms with Crippen molar-refractivity contribution in [1.29, 1.82) is 0 Å². The Balaban J connectivity index is 1.71. The Bertz CT molecular complexity index is 1060. The van der Waals surface area contributed by atoms with Gasteiger partial charge in [-0.3, -0.25) is 5.10 Å². The number of urea groups is 1. The number of hydrogen-bond donors (Lipinski definition) is 2. The summed E-state index contributed by atoms with van der Waals surface area (Å²) in [7, 11) is 0. The number of carbonyl (C=O) groups is 1.